The van der Waals surface area contributed by atoms with Crippen molar-refractivity contribution in [1.82, 2.24) is 0 Å². The fraction of sp³-hybridized carbons (Fsp3) is 0.381. The molecule has 25 heavy (non-hydrogen) atoms. The van der Waals surface area contributed by atoms with Gasteiger partial charge in [0.05, 0.1) is 6.10 Å². The predicted octanol–water partition coefficient (Wildman–Crippen LogP) is 4.64. The van der Waals surface area contributed by atoms with Gasteiger partial charge in [0.1, 0.15) is 5.75 Å². The summed E-state index contributed by atoms with van der Waals surface area (Å²) in [4.78, 5) is 14.4. The van der Waals surface area contributed by atoms with E-state index in [0.717, 1.165) is 23.7 Å². The van der Waals surface area contributed by atoms with Crippen LogP contribution in [0.5, 0.6) is 5.75 Å². The molecular formula is C21H28N2O2. The minimum atomic E-state index is 0.0173. The molecule has 0 saturated heterocycles. The molecule has 4 heteroatoms. The number of aryl methyl sites for hydroxylation is 1. The van der Waals surface area contributed by atoms with Gasteiger partial charge in [-0.1, -0.05) is 12.1 Å². The number of ether oxygens (including phenoxy) is 1. The van der Waals surface area contributed by atoms with Crippen molar-refractivity contribution in [3.8, 4) is 5.75 Å². The van der Waals surface area contributed by atoms with Crippen molar-refractivity contribution in [1.29, 1.82) is 0 Å². The van der Waals surface area contributed by atoms with E-state index in [1.54, 1.807) is 0 Å². The van der Waals surface area contributed by atoms with Crippen LogP contribution in [-0.4, -0.2) is 25.1 Å². The number of hydrogen-bond acceptors (Lipinski definition) is 3. The summed E-state index contributed by atoms with van der Waals surface area (Å²) in [5.74, 6) is 0.827. The largest absolute Gasteiger partial charge is 0.491 e. The molecule has 0 aliphatic carbocycles. The quantitative estimate of drug-likeness (QED) is 0.761. The number of amides is 1. The van der Waals surface area contributed by atoms with Gasteiger partial charge in [-0.25, -0.2) is 0 Å². The monoisotopic (exact) mass is 340 g/mol. The van der Waals surface area contributed by atoms with Crippen LogP contribution in [0.4, 0.5) is 11.4 Å². The third-order valence-electron chi connectivity index (χ3n) is 3.87. The van der Waals surface area contributed by atoms with Crippen molar-refractivity contribution in [2.24, 2.45) is 0 Å². The van der Waals surface area contributed by atoms with Gasteiger partial charge in [0, 0.05) is 30.9 Å². The second-order valence-electron chi connectivity index (χ2n) is 6.41. The van der Waals surface area contributed by atoms with E-state index < -0.39 is 0 Å². The lowest BCUT2D eigenvalue weighted by molar-refractivity contribution is -0.116. The third-order valence-corrected chi connectivity index (χ3v) is 3.87. The Morgan fingerprint density at radius 1 is 1.16 bits per heavy atom. The van der Waals surface area contributed by atoms with Gasteiger partial charge in [-0.2, -0.15) is 0 Å². The van der Waals surface area contributed by atoms with Gasteiger partial charge in [-0.05, 0) is 69.7 Å². The van der Waals surface area contributed by atoms with Crippen LogP contribution in [0.3, 0.4) is 0 Å². The molecule has 2 aromatic carbocycles. The van der Waals surface area contributed by atoms with E-state index in [-0.39, 0.29) is 12.0 Å². The predicted molar refractivity (Wildman–Crippen MR) is 105 cm³/mol. The second kappa shape index (κ2) is 9.11. The molecule has 1 amide bonds. The number of benzene rings is 2. The van der Waals surface area contributed by atoms with Crippen LogP contribution in [0, 0.1) is 6.92 Å². The van der Waals surface area contributed by atoms with Crippen LogP contribution in [0.15, 0.2) is 48.5 Å². The number of hydrogen-bond donors (Lipinski definition) is 1. The molecule has 0 heterocycles. The average Bonchev–Trinajstić information content (AvgIpc) is 2.57. The van der Waals surface area contributed by atoms with Crippen molar-refractivity contribution in [3.05, 3.63) is 54.1 Å². The van der Waals surface area contributed by atoms with Crippen molar-refractivity contribution in [3.63, 3.8) is 0 Å². The van der Waals surface area contributed by atoms with Crippen LogP contribution >= 0.6 is 0 Å². The highest BCUT2D eigenvalue weighted by molar-refractivity contribution is 5.91. The molecule has 0 radical (unpaired) electrons. The summed E-state index contributed by atoms with van der Waals surface area (Å²) in [6.07, 6.45) is 0.591. The molecule has 2 aromatic rings. The number of rotatable bonds is 8. The molecule has 0 unspecified atom stereocenters. The van der Waals surface area contributed by atoms with E-state index in [0.29, 0.717) is 13.0 Å². The standard InChI is InChI=1S/C21H28N2O2/c1-5-23(19-8-6-7-17(4)15-19)14-13-21(24)22-18-9-11-20(12-10-18)25-16(2)3/h6-12,15-16H,5,13-14H2,1-4H3,(H,22,24). The molecule has 0 spiro atoms. The maximum absolute atomic E-state index is 12.2. The first-order chi connectivity index (χ1) is 12.0. The molecule has 0 bridgehead atoms. The van der Waals surface area contributed by atoms with Crippen molar-refractivity contribution in [2.45, 2.75) is 40.2 Å². The molecule has 134 valence electrons. The average molecular weight is 340 g/mol. The molecule has 4 nitrogen and oxygen atoms in total. The van der Waals surface area contributed by atoms with Crippen molar-refractivity contribution >= 4 is 17.3 Å². The van der Waals surface area contributed by atoms with Crippen molar-refractivity contribution in [2.75, 3.05) is 23.3 Å². The zero-order chi connectivity index (χ0) is 18.2. The summed E-state index contributed by atoms with van der Waals surface area (Å²) in [5, 5.41) is 2.94. The van der Waals surface area contributed by atoms with Crippen LogP contribution in [0.25, 0.3) is 0 Å². The summed E-state index contributed by atoms with van der Waals surface area (Å²) in [6, 6.07) is 15.9. The maximum Gasteiger partial charge on any atom is 0.226 e. The number of carbonyl (C=O) groups excluding carboxylic acids is 1. The Hall–Kier alpha value is -2.49. The lowest BCUT2D eigenvalue weighted by atomic mass is 10.2. The molecule has 0 aromatic heterocycles. The Bertz CT molecular complexity index is 681. The van der Waals surface area contributed by atoms with E-state index in [1.165, 1.54) is 5.56 Å². The van der Waals surface area contributed by atoms with Crippen LogP contribution in [0.1, 0.15) is 32.8 Å². The van der Waals surface area contributed by atoms with Gasteiger partial charge in [-0.3, -0.25) is 4.79 Å². The number of nitrogens with one attached hydrogen (secondary N) is 1. The molecule has 0 fully saturated rings. The summed E-state index contributed by atoms with van der Waals surface area (Å²) in [7, 11) is 0. The molecule has 0 atom stereocenters. The van der Waals surface area contributed by atoms with Gasteiger partial charge in [0.15, 0.2) is 0 Å². The van der Waals surface area contributed by atoms with Crippen LogP contribution in [0.2, 0.25) is 0 Å². The topological polar surface area (TPSA) is 41.6 Å². The highest BCUT2D eigenvalue weighted by atomic mass is 16.5. The van der Waals surface area contributed by atoms with E-state index in [4.69, 9.17) is 4.74 Å². The number of anilines is 2. The third kappa shape index (κ3) is 6.14. The van der Waals surface area contributed by atoms with E-state index >= 15 is 0 Å². The van der Waals surface area contributed by atoms with Crippen LogP contribution in [-0.2, 0) is 4.79 Å². The van der Waals surface area contributed by atoms with E-state index in [1.807, 2.05) is 44.2 Å². The van der Waals surface area contributed by atoms with Gasteiger partial charge in [0.2, 0.25) is 5.91 Å². The van der Waals surface area contributed by atoms with Crippen molar-refractivity contribution < 1.29 is 9.53 Å². The van der Waals surface area contributed by atoms with Gasteiger partial charge < -0.3 is 15.0 Å². The minimum Gasteiger partial charge on any atom is -0.491 e. The Morgan fingerprint density at radius 3 is 2.48 bits per heavy atom. The molecule has 0 aliphatic heterocycles. The van der Waals surface area contributed by atoms with Gasteiger partial charge >= 0.3 is 0 Å². The Labute approximate surface area is 150 Å². The highest BCUT2D eigenvalue weighted by Gasteiger charge is 2.08. The Kier molecular flexibility index (Phi) is 6.87. The van der Waals surface area contributed by atoms with E-state index in [9.17, 15) is 4.79 Å². The minimum absolute atomic E-state index is 0.0173. The molecule has 0 aliphatic rings. The lowest BCUT2D eigenvalue weighted by Gasteiger charge is -2.23. The second-order valence-corrected chi connectivity index (χ2v) is 6.41. The van der Waals surface area contributed by atoms with Crippen LogP contribution < -0.4 is 15.0 Å². The first-order valence-corrected chi connectivity index (χ1v) is 8.86. The molecule has 0 saturated carbocycles. The first kappa shape index (κ1) is 18.8. The fourth-order valence-corrected chi connectivity index (χ4v) is 2.64. The first-order valence-electron chi connectivity index (χ1n) is 8.86. The lowest BCUT2D eigenvalue weighted by Crippen LogP contribution is -2.27. The van der Waals surface area contributed by atoms with Gasteiger partial charge in [0.25, 0.3) is 0 Å². The van der Waals surface area contributed by atoms with Gasteiger partial charge in [-0.15, -0.1) is 0 Å². The fourth-order valence-electron chi connectivity index (χ4n) is 2.64. The summed E-state index contributed by atoms with van der Waals surface area (Å²) in [6.45, 7) is 9.73. The highest BCUT2D eigenvalue weighted by Crippen LogP contribution is 2.18. The summed E-state index contributed by atoms with van der Waals surface area (Å²) < 4.78 is 5.61. The normalized spacial score (nSPS) is 10.6. The molecule has 2 rings (SSSR count). The zero-order valence-electron chi connectivity index (χ0n) is 15.6. The SMILES string of the molecule is CCN(CCC(=O)Nc1ccc(OC(C)C)cc1)c1cccc(C)c1. The summed E-state index contributed by atoms with van der Waals surface area (Å²) in [5.41, 5.74) is 3.18. The van der Waals surface area contributed by atoms with E-state index in [2.05, 4.69) is 42.3 Å². The Balaban J connectivity index is 1.87. The molecule has 1 N–H and O–H groups in total. The number of nitrogens with zero attached hydrogens (tertiary/aromatic N) is 1. The smallest absolute Gasteiger partial charge is 0.226 e. The number of carbonyl (C=O) groups is 1. The summed E-state index contributed by atoms with van der Waals surface area (Å²) >= 11 is 0. The zero-order valence-corrected chi connectivity index (χ0v) is 15.6. The molecular weight excluding hydrogens is 312 g/mol. The maximum atomic E-state index is 12.2. The Morgan fingerprint density at radius 2 is 1.88 bits per heavy atom.